The van der Waals surface area contributed by atoms with Crippen LogP contribution in [0.25, 0.3) is 0 Å². The van der Waals surface area contributed by atoms with Crippen molar-refractivity contribution in [3.05, 3.63) is 51.5 Å². The molecule has 1 heterocycles. The van der Waals surface area contributed by atoms with Gasteiger partial charge in [-0.15, -0.1) is 11.3 Å². The molecule has 2 rings (SSSR count). The molecule has 0 aliphatic heterocycles. The molecule has 0 aliphatic carbocycles. The predicted molar refractivity (Wildman–Crippen MR) is 68.5 cm³/mol. The van der Waals surface area contributed by atoms with Crippen LogP contribution in [0, 0.1) is 18.6 Å². The van der Waals surface area contributed by atoms with Crippen LogP contribution in [-0.2, 0) is 6.54 Å². The van der Waals surface area contributed by atoms with Gasteiger partial charge in [-0.05, 0) is 31.5 Å². The van der Waals surface area contributed by atoms with E-state index < -0.39 is 11.6 Å². The van der Waals surface area contributed by atoms with E-state index in [9.17, 15) is 8.78 Å². The first-order chi connectivity index (χ1) is 8.56. The standard InChI is InChI=1S/C13H14F2N2S/c1-8-7-18-13(17-8)6-16-9(2)10-3-4-11(14)12(15)5-10/h3-5,7,9,16H,6H2,1-2H3. The zero-order valence-electron chi connectivity index (χ0n) is 10.2. The van der Waals surface area contributed by atoms with E-state index in [-0.39, 0.29) is 6.04 Å². The van der Waals surface area contributed by atoms with Crippen LogP contribution in [0.2, 0.25) is 0 Å². The maximum absolute atomic E-state index is 13.1. The molecule has 1 N–H and O–H groups in total. The second kappa shape index (κ2) is 5.54. The summed E-state index contributed by atoms with van der Waals surface area (Å²) in [6.07, 6.45) is 0. The topological polar surface area (TPSA) is 24.9 Å². The normalized spacial score (nSPS) is 12.7. The first-order valence-electron chi connectivity index (χ1n) is 5.65. The molecule has 1 aromatic carbocycles. The van der Waals surface area contributed by atoms with Crippen molar-refractivity contribution in [3.63, 3.8) is 0 Å². The fourth-order valence-corrected chi connectivity index (χ4v) is 2.35. The molecular formula is C13H14F2N2S. The summed E-state index contributed by atoms with van der Waals surface area (Å²) in [4.78, 5) is 4.33. The average Bonchev–Trinajstić information content (AvgIpc) is 2.75. The average molecular weight is 268 g/mol. The van der Waals surface area contributed by atoms with E-state index in [1.54, 1.807) is 17.4 Å². The number of thiazole rings is 1. The van der Waals surface area contributed by atoms with Crippen molar-refractivity contribution in [2.75, 3.05) is 0 Å². The number of halogens is 2. The van der Waals surface area contributed by atoms with Crippen molar-refractivity contribution in [2.24, 2.45) is 0 Å². The number of nitrogens with zero attached hydrogens (tertiary/aromatic N) is 1. The Bertz CT molecular complexity index is 540. The highest BCUT2D eigenvalue weighted by Crippen LogP contribution is 2.17. The van der Waals surface area contributed by atoms with Gasteiger partial charge in [-0.1, -0.05) is 6.07 Å². The van der Waals surface area contributed by atoms with Crippen LogP contribution in [0.5, 0.6) is 0 Å². The summed E-state index contributed by atoms with van der Waals surface area (Å²) < 4.78 is 25.9. The highest BCUT2D eigenvalue weighted by Gasteiger charge is 2.09. The summed E-state index contributed by atoms with van der Waals surface area (Å²) in [7, 11) is 0. The van der Waals surface area contributed by atoms with Crippen LogP contribution in [0.15, 0.2) is 23.6 Å². The molecule has 0 spiro atoms. The second-order valence-corrected chi connectivity index (χ2v) is 5.10. The van der Waals surface area contributed by atoms with Crippen molar-refractivity contribution in [1.29, 1.82) is 0 Å². The first kappa shape index (κ1) is 13.1. The Kier molecular flexibility index (Phi) is 4.04. The van der Waals surface area contributed by atoms with Gasteiger partial charge in [-0.2, -0.15) is 0 Å². The number of hydrogen-bond donors (Lipinski definition) is 1. The van der Waals surface area contributed by atoms with E-state index in [0.717, 1.165) is 22.3 Å². The molecule has 0 saturated heterocycles. The molecule has 0 bridgehead atoms. The van der Waals surface area contributed by atoms with Gasteiger partial charge in [-0.25, -0.2) is 13.8 Å². The third-order valence-corrected chi connectivity index (χ3v) is 3.64. The monoisotopic (exact) mass is 268 g/mol. The van der Waals surface area contributed by atoms with Crippen LogP contribution >= 0.6 is 11.3 Å². The molecule has 0 aliphatic rings. The maximum Gasteiger partial charge on any atom is 0.159 e. The molecule has 1 atom stereocenters. The lowest BCUT2D eigenvalue weighted by Gasteiger charge is -2.13. The minimum Gasteiger partial charge on any atom is -0.304 e. The third-order valence-electron chi connectivity index (χ3n) is 2.67. The van der Waals surface area contributed by atoms with E-state index in [0.29, 0.717) is 6.54 Å². The molecule has 0 amide bonds. The zero-order chi connectivity index (χ0) is 13.1. The Hall–Kier alpha value is -1.33. The largest absolute Gasteiger partial charge is 0.304 e. The quantitative estimate of drug-likeness (QED) is 0.916. The Labute approximate surface area is 109 Å². The number of benzene rings is 1. The van der Waals surface area contributed by atoms with E-state index in [4.69, 9.17) is 0 Å². The molecule has 0 saturated carbocycles. The smallest absolute Gasteiger partial charge is 0.159 e. The van der Waals surface area contributed by atoms with Crippen molar-refractivity contribution < 1.29 is 8.78 Å². The summed E-state index contributed by atoms with van der Waals surface area (Å²) >= 11 is 1.58. The number of hydrogen-bond acceptors (Lipinski definition) is 3. The minimum atomic E-state index is -0.818. The van der Waals surface area contributed by atoms with Gasteiger partial charge in [-0.3, -0.25) is 0 Å². The summed E-state index contributed by atoms with van der Waals surface area (Å²) in [5.41, 5.74) is 1.72. The van der Waals surface area contributed by atoms with Gasteiger partial charge in [0.05, 0.1) is 0 Å². The second-order valence-electron chi connectivity index (χ2n) is 4.16. The summed E-state index contributed by atoms with van der Waals surface area (Å²) in [6, 6.07) is 3.91. The summed E-state index contributed by atoms with van der Waals surface area (Å²) in [6.45, 7) is 4.48. The van der Waals surface area contributed by atoms with Gasteiger partial charge in [0.1, 0.15) is 5.01 Å². The van der Waals surface area contributed by atoms with E-state index in [1.807, 2.05) is 19.2 Å². The summed E-state index contributed by atoms with van der Waals surface area (Å²) in [5.74, 6) is -1.63. The first-order valence-corrected chi connectivity index (χ1v) is 6.53. The van der Waals surface area contributed by atoms with Crippen LogP contribution in [-0.4, -0.2) is 4.98 Å². The Balaban J connectivity index is 1.99. The lowest BCUT2D eigenvalue weighted by Crippen LogP contribution is -2.18. The van der Waals surface area contributed by atoms with E-state index in [1.165, 1.54) is 6.07 Å². The fraction of sp³-hybridized carbons (Fsp3) is 0.308. The molecule has 2 aromatic rings. The molecule has 96 valence electrons. The lowest BCUT2D eigenvalue weighted by atomic mass is 10.1. The van der Waals surface area contributed by atoms with Gasteiger partial charge >= 0.3 is 0 Å². The van der Waals surface area contributed by atoms with Crippen LogP contribution in [0.3, 0.4) is 0 Å². The van der Waals surface area contributed by atoms with Gasteiger partial charge < -0.3 is 5.32 Å². The molecule has 0 fully saturated rings. The molecule has 1 unspecified atom stereocenters. The summed E-state index contributed by atoms with van der Waals surface area (Å²) in [5, 5.41) is 6.21. The van der Waals surface area contributed by atoms with Crippen LogP contribution < -0.4 is 5.32 Å². The molecular weight excluding hydrogens is 254 g/mol. The Morgan fingerprint density at radius 2 is 2.11 bits per heavy atom. The highest BCUT2D eigenvalue weighted by molar-refractivity contribution is 7.09. The van der Waals surface area contributed by atoms with Crippen LogP contribution in [0.1, 0.15) is 29.2 Å². The van der Waals surface area contributed by atoms with Gasteiger partial charge in [0, 0.05) is 23.7 Å². The van der Waals surface area contributed by atoms with Gasteiger partial charge in [0.25, 0.3) is 0 Å². The number of rotatable bonds is 4. The molecule has 5 heteroatoms. The number of nitrogens with one attached hydrogen (secondary N) is 1. The highest BCUT2D eigenvalue weighted by atomic mass is 32.1. The van der Waals surface area contributed by atoms with Crippen LogP contribution in [0.4, 0.5) is 8.78 Å². The van der Waals surface area contributed by atoms with Gasteiger partial charge in [0.15, 0.2) is 11.6 Å². The van der Waals surface area contributed by atoms with E-state index >= 15 is 0 Å². The fourth-order valence-electron chi connectivity index (χ4n) is 1.62. The predicted octanol–water partition coefficient (Wildman–Crippen LogP) is 3.58. The third kappa shape index (κ3) is 3.11. The van der Waals surface area contributed by atoms with Gasteiger partial charge in [0.2, 0.25) is 0 Å². The number of aromatic nitrogens is 1. The molecule has 0 radical (unpaired) electrons. The Morgan fingerprint density at radius 3 is 2.72 bits per heavy atom. The van der Waals surface area contributed by atoms with Crippen molar-refractivity contribution >= 4 is 11.3 Å². The Morgan fingerprint density at radius 1 is 1.33 bits per heavy atom. The lowest BCUT2D eigenvalue weighted by molar-refractivity contribution is 0.500. The molecule has 2 nitrogen and oxygen atoms in total. The van der Waals surface area contributed by atoms with Crippen molar-refractivity contribution in [1.82, 2.24) is 10.3 Å². The van der Waals surface area contributed by atoms with Crippen molar-refractivity contribution in [3.8, 4) is 0 Å². The SMILES string of the molecule is Cc1csc(CNC(C)c2ccc(F)c(F)c2)n1. The zero-order valence-corrected chi connectivity index (χ0v) is 11.0. The maximum atomic E-state index is 13.1. The molecule has 18 heavy (non-hydrogen) atoms. The molecule has 1 aromatic heterocycles. The van der Waals surface area contributed by atoms with E-state index in [2.05, 4.69) is 10.3 Å². The van der Waals surface area contributed by atoms with Crippen molar-refractivity contribution in [2.45, 2.75) is 26.4 Å². The minimum absolute atomic E-state index is 0.0516. The number of aryl methyl sites for hydroxylation is 1.